The van der Waals surface area contributed by atoms with Crippen molar-refractivity contribution in [1.29, 1.82) is 0 Å². The molecule has 0 radical (unpaired) electrons. The first-order valence-corrected chi connectivity index (χ1v) is 10.1. The first kappa shape index (κ1) is 26.2. The van der Waals surface area contributed by atoms with Crippen LogP contribution in [0.5, 0.6) is 0 Å². The molecule has 0 aromatic heterocycles. The average Bonchev–Trinajstić information content (AvgIpc) is 2.70. The molecule has 0 spiro atoms. The van der Waals surface area contributed by atoms with Gasteiger partial charge in [-0.15, -0.1) is 0 Å². The van der Waals surface area contributed by atoms with Crippen LogP contribution >= 0.6 is 0 Å². The zero-order chi connectivity index (χ0) is 25.0. The molecule has 0 aliphatic carbocycles. The number of halogens is 6. The van der Waals surface area contributed by atoms with Gasteiger partial charge in [-0.05, 0) is 60.4 Å². The van der Waals surface area contributed by atoms with Gasteiger partial charge < -0.3 is 9.64 Å². The van der Waals surface area contributed by atoms with Crippen LogP contribution in [0.2, 0.25) is 0 Å². The van der Waals surface area contributed by atoms with Crippen molar-refractivity contribution in [2.75, 3.05) is 13.2 Å². The van der Waals surface area contributed by atoms with Crippen molar-refractivity contribution in [1.82, 2.24) is 4.90 Å². The summed E-state index contributed by atoms with van der Waals surface area (Å²) in [5.41, 5.74) is -1.93. The summed E-state index contributed by atoms with van der Waals surface area (Å²) < 4.78 is 85.3. The van der Waals surface area contributed by atoms with Crippen molar-refractivity contribution in [3.8, 4) is 11.1 Å². The Morgan fingerprint density at radius 2 is 1.55 bits per heavy atom. The van der Waals surface area contributed by atoms with Gasteiger partial charge in [0.15, 0.2) is 0 Å². The number of hydrogen-bond acceptors (Lipinski definition) is 3. The number of alkyl halides is 6. The highest BCUT2D eigenvalue weighted by molar-refractivity contribution is 5.76. The van der Waals surface area contributed by atoms with E-state index in [2.05, 4.69) is 0 Å². The summed E-state index contributed by atoms with van der Waals surface area (Å²) in [7, 11) is 0. The molecule has 0 aliphatic heterocycles. The van der Waals surface area contributed by atoms with Crippen molar-refractivity contribution < 1.29 is 40.7 Å². The van der Waals surface area contributed by atoms with Gasteiger partial charge in [0.05, 0.1) is 24.2 Å². The van der Waals surface area contributed by atoms with Crippen molar-refractivity contribution in [2.24, 2.45) is 0 Å². The summed E-state index contributed by atoms with van der Waals surface area (Å²) in [6.45, 7) is 4.45. The maximum Gasteiger partial charge on any atom is 0.416 e. The lowest BCUT2D eigenvalue weighted by atomic mass is 9.93. The predicted octanol–water partition coefficient (Wildman–Crippen LogP) is 5.87. The topological polar surface area (TPSA) is 46.6 Å². The maximum absolute atomic E-state index is 13.5. The van der Waals surface area contributed by atoms with E-state index < -0.39 is 41.8 Å². The third-order valence-corrected chi connectivity index (χ3v) is 4.91. The highest BCUT2D eigenvalue weighted by Crippen LogP contribution is 2.37. The van der Waals surface area contributed by atoms with Crippen LogP contribution in [-0.4, -0.2) is 29.9 Å². The fourth-order valence-electron chi connectivity index (χ4n) is 3.33. The molecule has 33 heavy (non-hydrogen) atoms. The molecule has 0 atom stereocenters. The second-order valence-electron chi connectivity index (χ2n) is 7.30. The van der Waals surface area contributed by atoms with Gasteiger partial charge >= 0.3 is 18.3 Å². The van der Waals surface area contributed by atoms with Crippen LogP contribution in [0.15, 0.2) is 36.4 Å². The normalized spacial score (nSPS) is 11.9. The number of benzene rings is 2. The fraction of sp³-hybridized carbons (Fsp3) is 0.391. The lowest BCUT2D eigenvalue weighted by Crippen LogP contribution is -2.28. The van der Waals surface area contributed by atoms with E-state index in [1.54, 1.807) is 13.8 Å². The molecule has 0 saturated heterocycles. The van der Waals surface area contributed by atoms with Crippen molar-refractivity contribution in [2.45, 2.75) is 46.1 Å². The molecule has 0 fully saturated rings. The molecule has 2 aromatic rings. The van der Waals surface area contributed by atoms with Crippen LogP contribution in [-0.2, 0) is 39.6 Å². The Bertz CT molecular complexity index is 1010. The molecule has 0 bridgehead atoms. The summed E-state index contributed by atoms with van der Waals surface area (Å²) in [5.74, 6) is -1.13. The number of nitrogens with zero attached hydrogens (tertiary/aromatic N) is 1. The van der Waals surface area contributed by atoms with Gasteiger partial charge in [-0.3, -0.25) is 9.59 Å². The zero-order valence-corrected chi connectivity index (χ0v) is 18.2. The lowest BCUT2D eigenvalue weighted by Gasteiger charge is -2.22. The second-order valence-corrected chi connectivity index (χ2v) is 7.30. The summed E-state index contributed by atoms with van der Waals surface area (Å²) in [6.07, 6.45) is -9.86. The van der Waals surface area contributed by atoms with Gasteiger partial charge in [-0.1, -0.05) is 12.1 Å². The quantitative estimate of drug-likeness (QED) is 0.372. The van der Waals surface area contributed by atoms with Crippen molar-refractivity contribution in [3.05, 3.63) is 58.7 Å². The van der Waals surface area contributed by atoms with Crippen LogP contribution in [0.3, 0.4) is 0 Å². The summed E-state index contributed by atoms with van der Waals surface area (Å²) >= 11 is 0. The molecular weight excluding hydrogens is 452 g/mol. The maximum atomic E-state index is 13.5. The molecule has 10 heteroatoms. The molecule has 4 nitrogen and oxygen atoms in total. The molecule has 2 aromatic carbocycles. The number of ether oxygens (including phenoxy) is 1. The summed E-state index contributed by atoms with van der Waals surface area (Å²) in [4.78, 5) is 24.9. The third kappa shape index (κ3) is 6.97. The molecule has 1 amide bonds. The fourth-order valence-corrected chi connectivity index (χ4v) is 3.33. The van der Waals surface area contributed by atoms with Gasteiger partial charge in [-0.2, -0.15) is 26.3 Å². The SMILES string of the molecule is CCOC(=O)Cc1cc(-c2ccc(C(F)(F)F)cc2CN(CC)C(C)=O)cc(C(F)(F)F)c1. The van der Waals surface area contributed by atoms with Gasteiger partial charge in [0.2, 0.25) is 5.91 Å². The van der Waals surface area contributed by atoms with Gasteiger partial charge in [-0.25, -0.2) is 0 Å². The second kappa shape index (κ2) is 10.3. The number of carbonyl (C=O) groups excluding carboxylic acids is 2. The van der Waals surface area contributed by atoms with Crippen molar-refractivity contribution >= 4 is 11.9 Å². The van der Waals surface area contributed by atoms with E-state index in [0.717, 1.165) is 30.3 Å². The van der Waals surface area contributed by atoms with Gasteiger partial charge in [0.1, 0.15) is 0 Å². The minimum absolute atomic E-state index is 0.00281. The van der Waals surface area contributed by atoms with E-state index in [-0.39, 0.29) is 42.0 Å². The monoisotopic (exact) mass is 475 g/mol. The zero-order valence-electron chi connectivity index (χ0n) is 18.2. The molecule has 180 valence electrons. The molecule has 0 N–H and O–H groups in total. The summed E-state index contributed by atoms with van der Waals surface area (Å²) in [6, 6.07) is 5.60. The Kier molecular flexibility index (Phi) is 8.16. The number of rotatable bonds is 7. The number of esters is 1. The Balaban J connectivity index is 2.69. The Morgan fingerprint density at radius 3 is 2.06 bits per heavy atom. The van der Waals surface area contributed by atoms with Gasteiger partial charge in [0.25, 0.3) is 0 Å². The van der Waals surface area contributed by atoms with E-state index in [9.17, 15) is 35.9 Å². The van der Waals surface area contributed by atoms with Crippen LogP contribution in [0.4, 0.5) is 26.3 Å². The first-order valence-electron chi connectivity index (χ1n) is 10.1. The minimum atomic E-state index is -4.75. The average molecular weight is 475 g/mol. The number of hydrogen-bond donors (Lipinski definition) is 0. The summed E-state index contributed by atoms with van der Waals surface area (Å²) in [5, 5.41) is 0. The van der Waals surface area contributed by atoms with Crippen molar-refractivity contribution in [3.63, 3.8) is 0 Å². The van der Waals surface area contributed by atoms with Crippen LogP contribution in [0.1, 0.15) is 43.0 Å². The Hall–Kier alpha value is -3.04. The molecule has 0 aliphatic rings. The van der Waals surface area contributed by atoms with E-state index >= 15 is 0 Å². The third-order valence-electron chi connectivity index (χ3n) is 4.91. The van der Waals surface area contributed by atoms with Crippen LogP contribution < -0.4 is 0 Å². The van der Waals surface area contributed by atoms with E-state index in [1.165, 1.54) is 17.9 Å². The van der Waals surface area contributed by atoms with Crippen LogP contribution in [0, 0.1) is 0 Å². The van der Waals surface area contributed by atoms with Gasteiger partial charge in [0, 0.05) is 20.0 Å². The number of carbonyl (C=O) groups is 2. The highest BCUT2D eigenvalue weighted by atomic mass is 19.4. The smallest absolute Gasteiger partial charge is 0.416 e. The minimum Gasteiger partial charge on any atom is -0.466 e. The Labute approximate surface area is 187 Å². The molecular formula is C23H23F6NO3. The lowest BCUT2D eigenvalue weighted by molar-refractivity contribution is -0.142. The van der Waals surface area contributed by atoms with E-state index in [0.29, 0.717) is 0 Å². The van der Waals surface area contributed by atoms with E-state index in [4.69, 9.17) is 4.74 Å². The standard InChI is InChI=1S/C23H23F6NO3/c1-4-30(14(3)31)13-17-12-18(22(24,25)26)6-7-20(17)16-8-15(10-21(32)33-5-2)9-19(11-16)23(27,28)29/h6-9,11-12H,4-5,10,13H2,1-3H3. The predicted molar refractivity (Wildman–Crippen MR) is 109 cm³/mol. The molecule has 0 saturated carbocycles. The number of amides is 1. The Morgan fingerprint density at radius 1 is 0.909 bits per heavy atom. The molecule has 2 rings (SSSR count). The van der Waals surface area contributed by atoms with Crippen LogP contribution in [0.25, 0.3) is 11.1 Å². The highest BCUT2D eigenvalue weighted by Gasteiger charge is 2.33. The first-order chi connectivity index (χ1) is 15.3. The van der Waals surface area contributed by atoms with E-state index in [1.807, 2.05) is 0 Å². The molecule has 0 unspecified atom stereocenters. The molecule has 0 heterocycles. The largest absolute Gasteiger partial charge is 0.466 e.